The molecule has 0 unspecified atom stereocenters. The normalized spacial score (nSPS) is 19.3. The molecule has 0 N–H and O–H groups in total. The molecule has 8 nitrogen and oxygen atoms in total. The van der Waals surface area contributed by atoms with E-state index in [2.05, 4.69) is 24.8 Å². The fourth-order valence-corrected chi connectivity index (χ4v) is 3.11. The largest absolute Gasteiger partial charge is 0.462 e. The highest BCUT2D eigenvalue weighted by Gasteiger charge is 2.18. The van der Waals surface area contributed by atoms with Crippen molar-refractivity contribution < 1.29 is 14.2 Å². The third kappa shape index (κ3) is 3.97. The highest BCUT2D eigenvalue weighted by atomic mass is 16.5. The first kappa shape index (κ1) is 16.4. The lowest BCUT2D eigenvalue weighted by molar-refractivity contribution is 0.0317. The molecule has 25 heavy (non-hydrogen) atoms. The lowest BCUT2D eigenvalue weighted by atomic mass is 10.2. The Hall–Kier alpha value is -2.03. The molecule has 0 aliphatic carbocycles. The summed E-state index contributed by atoms with van der Waals surface area (Å²) in [6.45, 7) is 7.96. The summed E-state index contributed by atoms with van der Waals surface area (Å²) in [5.74, 6) is 0.900. The van der Waals surface area contributed by atoms with E-state index in [1.165, 1.54) is 0 Å². The maximum absolute atomic E-state index is 5.86. The monoisotopic (exact) mass is 345 g/mol. The van der Waals surface area contributed by atoms with Gasteiger partial charge in [-0.05, 0) is 6.07 Å². The number of anilines is 1. The average Bonchev–Trinajstić information content (AvgIpc) is 2.69. The number of ether oxygens (including phenoxy) is 3. The van der Waals surface area contributed by atoms with Crippen LogP contribution in [0.15, 0.2) is 18.5 Å². The topological polar surface area (TPSA) is 72.8 Å². The summed E-state index contributed by atoms with van der Waals surface area (Å²) in [5, 5.41) is 0.998. The number of morpholine rings is 2. The van der Waals surface area contributed by atoms with Crippen molar-refractivity contribution in [2.45, 2.75) is 0 Å². The fraction of sp³-hybridized carbons (Fsp3) is 0.588. The van der Waals surface area contributed by atoms with Gasteiger partial charge in [-0.2, -0.15) is 9.97 Å². The third-order valence-electron chi connectivity index (χ3n) is 4.51. The Kier molecular flexibility index (Phi) is 5.19. The molecule has 2 aliphatic rings. The van der Waals surface area contributed by atoms with Gasteiger partial charge >= 0.3 is 6.01 Å². The van der Waals surface area contributed by atoms with Gasteiger partial charge in [0.25, 0.3) is 0 Å². The molecule has 0 aromatic carbocycles. The van der Waals surface area contributed by atoms with E-state index in [1.807, 2.05) is 6.07 Å². The van der Waals surface area contributed by atoms with E-state index in [0.29, 0.717) is 25.8 Å². The first-order chi connectivity index (χ1) is 12.4. The molecule has 0 spiro atoms. The van der Waals surface area contributed by atoms with E-state index in [4.69, 9.17) is 14.2 Å². The Bertz CT molecular complexity index is 702. The van der Waals surface area contributed by atoms with Gasteiger partial charge in [0.2, 0.25) is 0 Å². The zero-order valence-electron chi connectivity index (χ0n) is 14.3. The molecule has 4 heterocycles. The third-order valence-corrected chi connectivity index (χ3v) is 4.51. The van der Waals surface area contributed by atoms with Crippen molar-refractivity contribution in [1.82, 2.24) is 19.9 Å². The van der Waals surface area contributed by atoms with Crippen molar-refractivity contribution in [3.63, 3.8) is 0 Å². The molecule has 0 saturated carbocycles. The van der Waals surface area contributed by atoms with Gasteiger partial charge < -0.3 is 19.1 Å². The highest BCUT2D eigenvalue weighted by Crippen LogP contribution is 2.26. The molecule has 2 aromatic rings. The molecule has 8 heteroatoms. The van der Waals surface area contributed by atoms with Crippen LogP contribution in [-0.2, 0) is 9.47 Å². The van der Waals surface area contributed by atoms with Crippen LogP contribution in [0.25, 0.3) is 10.9 Å². The van der Waals surface area contributed by atoms with Crippen molar-refractivity contribution in [2.24, 2.45) is 0 Å². The average molecular weight is 345 g/mol. The summed E-state index contributed by atoms with van der Waals surface area (Å²) in [6.07, 6.45) is 3.53. The van der Waals surface area contributed by atoms with Gasteiger partial charge in [0.05, 0.1) is 38.1 Å². The Balaban J connectivity index is 1.50. The van der Waals surface area contributed by atoms with Crippen molar-refractivity contribution in [1.29, 1.82) is 0 Å². The van der Waals surface area contributed by atoms with Gasteiger partial charge in [-0.1, -0.05) is 0 Å². The van der Waals surface area contributed by atoms with Crippen LogP contribution in [0.1, 0.15) is 0 Å². The molecule has 2 fully saturated rings. The van der Waals surface area contributed by atoms with Gasteiger partial charge in [0.15, 0.2) is 0 Å². The number of pyridine rings is 1. The smallest absolute Gasteiger partial charge is 0.319 e. The zero-order chi connectivity index (χ0) is 16.9. The fourth-order valence-electron chi connectivity index (χ4n) is 3.11. The van der Waals surface area contributed by atoms with Crippen LogP contribution >= 0.6 is 0 Å². The van der Waals surface area contributed by atoms with Gasteiger partial charge in [0, 0.05) is 44.3 Å². The SMILES string of the molecule is c1cc2c(N3CCOCC3)nc(OCCN3CCOCC3)nc2cn1. The molecular formula is C17H23N5O3. The van der Waals surface area contributed by atoms with E-state index < -0.39 is 0 Å². The number of hydrogen-bond donors (Lipinski definition) is 0. The highest BCUT2D eigenvalue weighted by molar-refractivity contribution is 5.89. The lowest BCUT2D eigenvalue weighted by Gasteiger charge is -2.29. The van der Waals surface area contributed by atoms with Crippen LogP contribution in [-0.4, -0.2) is 85.6 Å². The minimum atomic E-state index is 0.412. The number of fused-ring (bicyclic) bond motifs is 1. The minimum Gasteiger partial charge on any atom is -0.462 e. The predicted octanol–water partition coefficient (Wildman–Crippen LogP) is 0.572. The van der Waals surface area contributed by atoms with Crippen LogP contribution in [0.3, 0.4) is 0 Å². The van der Waals surface area contributed by atoms with E-state index >= 15 is 0 Å². The molecule has 2 aliphatic heterocycles. The number of aromatic nitrogens is 3. The summed E-state index contributed by atoms with van der Waals surface area (Å²) < 4.78 is 16.7. The molecule has 0 atom stereocenters. The second-order valence-electron chi connectivity index (χ2n) is 6.12. The molecule has 2 saturated heterocycles. The van der Waals surface area contributed by atoms with Crippen LogP contribution in [0, 0.1) is 0 Å². The maximum Gasteiger partial charge on any atom is 0.319 e. The predicted molar refractivity (Wildman–Crippen MR) is 93.1 cm³/mol. The van der Waals surface area contributed by atoms with Crippen molar-refractivity contribution >= 4 is 16.7 Å². The van der Waals surface area contributed by atoms with Crippen molar-refractivity contribution in [3.05, 3.63) is 18.5 Å². The second-order valence-corrected chi connectivity index (χ2v) is 6.12. The molecule has 2 aromatic heterocycles. The number of nitrogens with zero attached hydrogens (tertiary/aromatic N) is 5. The number of rotatable bonds is 5. The quantitative estimate of drug-likeness (QED) is 0.779. The summed E-state index contributed by atoms with van der Waals surface area (Å²) in [4.78, 5) is 17.9. The Labute approximate surface area is 146 Å². The standard InChI is InChI=1S/C17H23N5O3/c1-2-18-13-15-14(1)16(22-6-10-24-11-7-22)20-17(19-15)25-12-5-21-3-8-23-9-4-21/h1-2,13H,3-12H2. The van der Waals surface area contributed by atoms with Gasteiger partial charge in [-0.25, -0.2) is 0 Å². The maximum atomic E-state index is 5.86. The number of hydrogen-bond acceptors (Lipinski definition) is 8. The first-order valence-electron chi connectivity index (χ1n) is 8.77. The van der Waals surface area contributed by atoms with Crippen molar-refractivity contribution in [3.8, 4) is 6.01 Å². The van der Waals surface area contributed by atoms with E-state index in [9.17, 15) is 0 Å². The van der Waals surface area contributed by atoms with E-state index in [0.717, 1.165) is 62.7 Å². The minimum absolute atomic E-state index is 0.412. The summed E-state index contributed by atoms with van der Waals surface area (Å²) >= 11 is 0. The van der Waals surface area contributed by atoms with Crippen LogP contribution < -0.4 is 9.64 Å². The van der Waals surface area contributed by atoms with Gasteiger partial charge in [0.1, 0.15) is 12.4 Å². The lowest BCUT2D eigenvalue weighted by Crippen LogP contribution is -2.39. The van der Waals surface area contributed by atoms with Gasteiger partial charge in [-0.15, -0.1) is 0 Å². The first-order valence-corrected chi connectivity index (χ1v) is 8.77. The second kappa shape index (κ2) is 7.90. The van der Waals surface area contributed by atoms with E-state index in [-0.39, 0.29) is 0 Å². The Morgan fingerprint density at radius 2 is 1.76 bits per heavy atom. The van der Waals surface area contributed by atoms with Crippen LogP contribution in [0.2, 0.25) is 0 Å². The Morgan fingerprint density at radius 1 is 1.00 bits per heavy atom. The molecule has 0 bridgehead atoms. The molecule has 0 radical (unpaired) electrons. The Morgan fingerprint density at radius 3 is 2.56 bits per heavy atom. The summed E-state index contributed by atoms with van der Waals surface area (Å²) in [7, 11) is 0. The zero-order valence-corrected chi connectivity index (χ0v) is 14.3. The summed E-state index contributed by atoms with van der Waals surface area (Å²) in [5.41, 5.74) is 0.806. The van der Waals surface area contributed by atoms with E-state index in [1.54, 1.807) is 12.4 Å². The molecular weight excluding hydrogens is 322 g/mol. The molecule has 0 amide bonds. The van der Waals surface area contributed by atoms with Crippen molar-refractivity contribution in [2.75, 3.05) is 70.7 Å². The van der Waals surface area contributed by atoms with Crippen LogP contribution in [0.4, 0.5) is 5.82 Å². The van der Waals surface area contributed by atoms with Gasteiger partial charge in [-0.3, -0.25) is 9.88 Å². The summed E-state index contributed by atoms with van der Waals surface area (Å²) in [6, 6.07) is 2.37. The molecule has 4 rings (SSSR count). The van der Waals surface area contributed by atoms with Crippen LogP contribution in [0.5, 0.6) is 6.01 Å². The molecule has 134 valence electrons.